The average molecular weight is 387 g/mol. The number of hydrogen-bond donors (Lipinski definition) is 2. The van der Waals surface area contributed by atoms with E-state index in [4.69, 9.17) is 0 Å². The number of alkyl halides is 3. The van der Waals surface area contributed by atoms with Gasteiger partial charge in [-0.3, -0.25) is 0 Å². The minimum atomic E-state index is -4.48. The maximum Gasteiger partial charge on any atom is 0.416 e. The highest BCUT2D eigenvalue weighted by molar-refractivity contribution is 7.88. The molecule has 24 heavy (non-hydrogen) atoms. The second-order valence-electron chi connectivity index (χ2n) is 6.34. The van der Waals surface area contributed by atoms with Crippen molar-refractivity contribution in [3.05, 3.63) is 35.4 Å². The summed E-state index contributed by atoms with van der Waals surface area (Å²) >= 11 is 0. The summed E-state index contributed by atoms with van der Waals surface area (Å²) in [6.07, 6.45) is -2.76. The molecule has 0 saturated carbocycles. The van der Waals surface area contributed by atoms with Gasteiger partial charge in [-0.15, -0.1) is 12.4 Å². The van der Waals surface area contributed by atoms with E-state index in [-0.39, 0.29) is 23.4 Å². The highest BCUT2D eigenvalue weighted by atomic mass is 35.5. The van der Waals surface area contributed by atoms with Crippen LogP contribution in [0.3, 0.4) is 0 Å². The quantitative estimate of drug-likeness (QED) is 0.818. The van der Waals surface area contributed by atoms with E-state index in [1.165, 1.54) is 12.1 Å². The van der Waals surface area contributed by atoms with Crippen LogP contribution in [0.4, 0.5) is 13.2 Å². The number of benzene rings is 1. The molecule has 0 spiro atoms. The molecule has 1 fully saturated rings. The number of sulfonamides is 1. The molecule has 0 aliphatic carbocycles. The molecule has 0 atom stereocenters. The predicted molar refractivity (Wildman–Crippen MR) is 89.5 cm³/mol. The van der Waals surface area contributed by atoms with Crippen molar-refractivity contribution in [1.82, 2.24) is 10.0 Å². The standard InChI is InChI=1S/C15H21F3N2O2S.ClH/c1-14(5-7-19-8-6-14)11-20-23(21,22)10-12-3-2-4-13(9-12)15(16,17)18;/h2-4,9,19-20H,5-8,10-11H2,1H3;1H. The first-order valence-corrected chi connectivity index (χ1v) is 9.09. The van der Waals surface area contributed by atoms with Gasteiger partial charge in [-0.25, -0.2) is 13.1 Å². The second kappa shape index (κ2) is 8.03. The molecular formula is C15H22ClF3N2O2S. The zero-order valence-electron chi connectivity index (χ0n) is 13.3. The van der Waals surface area contributed by atoms with Crippen LogP contribution in [0.1, 0.15) is 30.9 Å². The minimum Gasteiger partial charge on any atom is -0.317 e. The van der Waals surface area contributed by atoms with Gasteiger partial charge in [-0.1, -0.05) is 25.1 Å². The molecule has 1 aromatic rings. The van der Waals surface area contributed by atoms with Crippen molar-refractivity contribution in [3.63, 3.8) is 0 Å². The van der Waals surface area contributed by atoms with E-state index in [9.17, 15) is 21.6 Å². The summed E-state index contributed by atoms with van der Waals surface area (Å²) in [6, 6.07) is 4.42. The SMILES string of the molecule is CC1(CNS(=O)(=O)Cc2cccc(C(F)(F)F)c2)CCNCC1.Cl. The lowest BCUT2D eigenvalue weighted by Crippen LogP contribution is -2.43. The normalized spacial score (nSPS) is 18.0. The van der Waals surface area contributed by atoms with Gasteiger partial charge >= 0.3 is 6.18 Å². The van der Waals surface area contributed by atoms with Gasteiger partial charge in [0.1, 0.15) is 0 Å². The maximum atomic E-state index is 12.7. The molecule has 1 heterocycles. The van der Waals surface area contributed by atoms with E-state index in [2.05, 4.69) is 10.0 Å². The van der Waals surface area contributed by atoms with E-state index in [1.54, 1.807) is 0 Å². The van der Waals surface area contributed by atoms with Gasteiger partial charge in [0.15, 0.2) is 0 Å². The van der Waals surface area contributed by atoms with Gasteiger partial charge < -0.3 is 5.32 Å². The Balaban J connectivity index is 0.00000288. The third kappa shape index (κ3) is 6.23. The number of halogens is 4. The fourth-order valence-electron chi connectivity index (χ4n) is 2.60. The van der Waals surface area contributed by atoms with Crippen LogP contribution in [0.5, 0.6) is 0 Å². The van der Waals surface area contributed by atoms with Crippen molar-refractivity contribution >= 4 is 22.4 Å². The van der Waals surface area contributed by atoms with Gasteiger partial charge in [0.2, 0.25) is 10.0 Å². The molecule has 1 saturated heterocycles. The lowest BCUT2D eigenvalue weighted by atomic mass is 9.81. The molecule has 2 N–H and O–H groups in total. The Morgan fingerprint density at radius 1 is 1.25 bits per heavy atom. The van der Waals surface area contributed by atoms with Crippen LogP contribution in [0, 0.1) is 5.41 Å². The molecular weight excluding hydrogens is 365 g/mol. The van der Waals surface area contributed by atoms with Crippen molar-refractivity contribution < 1.29 is 21.6 Å². The van der Waals surface area contributed by atoms with Crippen molar-refractivity contribution in [2.24, 2.45) is 5.41 Å². The van der Waals surface area contributed by atoms with Gasteiger partial charge in [0, 0.05) is 6.54 Å². The third-order valence-corrected chi connectivity index (χ3v) is 5.44. The van der Waals surface area contributed by atoms with Crippen LogP contribution in [0.15, 0.2) is 24.3 Å². The molecule has 0 amide bonds. The van der Waals surface area contributed by atoms with Crippen molar-refractivity contribution in [2.45, 2.75) is 31.7 Å². The van der Waals surface area contributed by atoms with E-state index in [1.807, 2.05) is 6.92 Å². The van der Waals surface area contributed by atoms with E-state index in [0.29, 0.717) is 6.54 Å². The number of hydrogen-bond acceptors (Lipinski definition) is 3. The molecule has 0 bridgehead atoms. The van der Waals surface area contributed by atoms with Crippen LogP contribution in [-0.4, -0.2) is 28.1 Å². The molecule has 1 aliphatic heterocycles. The molecule has 0 radical (unpaired) electrons. The summed E-state index contributed by atoms with van der Waals surface area (Å²) in [5, 5.41) is 3.21. The number of piperidine rings is 1. The second-order valence-corrected chi connectivity index (χ2v) is 8.15. The summed E-state index contributed by atoms with van der Waals surface area (Å²) in [5.74, 6) is -0.453. The maximum absolute atomic E-state index is 12.7. The summed E-state index contributed by atoms with van der Waals surface area (Å²) in [5.41, 5.74) is -0.829. The highest BCUT2D eigenvalue weighted by Crippen LogP contribution is 2.30. The van der Waals surface area contributed by atoms with Gasteiger partial charge in [-0.2, -0.15) is 13.2 Å². The van der Waals surface area contributed by atoms with Crippen molar-refractivity contribution in [3.8, 4) is 0 Å². The Hall–Kier alpha value is -0.830. The largest absolute Gasteiger partial charge is 0.416 e. The van der Waals surface area contributed by atoms with Gasteiger partial charge in [-0.05, 0) is 43.0 Å². The van der Waals surface area contributed by atoms with Crippen molar-refractivity contribution in [2.75, 3.05) is 19.6 Å². The number of nitrogens with one attached hydrogen (secondary N) is 2. The summed E-state index contributed by atoms with van der Waals surface area (Å²) < 4.78 is 64.8. The zero-order valence-corrected chi connectivity index (χ0v) is 15.0. The molecule has 4 nitrogen and oxygen atoms in total. The average Bonchev–Trinajstić information content (AvgIpc) is 2.45. The van der Waals surface area contributed by atoms with E-state index in [0.717, 1.165) is 38.1 Å². The van der Waals surface area contributed by atoms with Crippen LogP contribution in [-0.2, 0) is 22.0 Å². The van der Waals surface area contributed by atoms with E-state index >= 15 is 0 Å². The molecule has 0 unspecified atom stereocenters. The molecule has 1 aromatic carbocycles. The Bertz CT molecular complexity index is 644. The topological polar surface area (TPSA) is 58.2 Å². The van der Waals surface area contributed by atoms with Crippen molar-refractivity contribution in [1.29, 1.82) is 0 Å². The Labute approximate surface area is 146 Å². The highest BCUT2D eigenvalue weighted by Gasteiger charge is 2.31. The number of rotatable bonds is 5. The minimum absolute atomic E-state index is 0. The first-order valence-electron chi connectivity index (χ1n) is 7.44. The molecule has 1 aliphatic rings. The van der Waals surface area contributed by atoms with Gasteiger partial charge in [0.25, 0.3) is 0 Å². The van der Waals surface area contributed by atoms with Crippen LogP contribution in [0.2, 0.25) is 0 Å². The monoisotopic (exact) mass is 386 g/mol. The Kier molecular flexibility index (Phi) is 7.10. The molecule has 2 rings (SSSR count). The fourth-order valence-corrected chi connectivity index (χ4v) is 3.89. The predicted octanol–water partition coefficient (Wildman–Crippen LogP) is 2.94. The molecule has 0 aromatic heterocycles. The zero-order chi connectivity index (χ0) is 17.1. The Morgan fingerprint density at radius 3 is 2.46 bits per heavy atom. The fraction of sp³-hybridized carbons (Fsp3) is 0.600. The summed E-state index contributed by atoms with van der Waals surface area (Å²) in [6.45, 7) is 3.99. The lowest BCUT2D eigenvalue weighted by Gasteiger charge is -2.34. The smallest absolute Gasteiger partial charge is 0.317 e. The first kappa shape index (κ1) is 21.2. The van der Waals surface area contributed by atoms with Crippen LogP contribution >= 0.6 is 12.4 Å². The Morgan fingerprint density at radius 2 is 1.88 bits per heavy atom. The summed E-state index contributed by atoms with van der Waals surface area (Å²) in [7, 11) is -3.67. The van der Waals surface area contributed by atoms with E-state index < -0.39 is 27.5 Å². The van der Waals surface area contributed by atoms with Crippen LogP contribution < -0.4 is 10.0 Å². The van der Waals surface area contributed by atoms with Crippen LogP contribution in [0.25, 0.3) is 0 Å². The molecule has 9 heteroatoms. The summed E-state index contributed by atoms with van der Waals surface area (Å²) in [4.78, 5) is 0. The lowest BCUT2D eigenvalue weighted by molar-refractivity contribution is -0.137. The third-order valence-electron chi connectivity index (χ3n) is 4.14. The first-order chi connectivity index (χ1) is 10.6. The van der Waals surface area contributed by atoms with Gasteiger partial charge in [0.05, 0.1) is 11.3 Å². The molecule has 138 valence electrons.